The van der Waals surface area contributed by atoms with Crippen LogP contribution >= 0.6 is 0 Å². The number of nitrogens with two attached hydrogens (primary N) is 1. The second kappa shape index (κ2) is 2.51. The highest BCUT2D eigenvalue weighted by atomic mass is 16.4. The van der Waals surface area contributed by atoms with Crippen LogP contribution in [0.3, 0.4) is 0 Å². The van der Waals surface area contributed by atoms with Crippen molar-refractivity contribution in [1.82, 2.24) is 0 Å². The molecule has 14 heavy (non-hydrogen) atoms. The smallest absolute Gasteiger partial charge is 0.309 e. The van der Waals surface area contributed by atoms with E-state index in [0.29, 0.717) is 23.8 Å². The van der Waals surface area contributed by atoms with Crippen LogP contribution in [0.25, 0.3) is 0 Å². The summed E-state index contributed by atoms with van der Waals surface area (Å²) in [5, 5.41) is 9.32. The van der Waals surface area contributed by atoms with Crippen molar-refractivity contribution >= 4 is 5.97 Å². The van der Waals surface area contributed by atoms with Gasteiger partial charge in [0.2, 0.25) is 0 Å². The quantitative estimate of drug-likeness (QED) is 0.661. The standard InChI is InChI=1S/C11H17NO2/c12-9-7-1-6-2-8(9)5-11(3-6,4-7)10(13)14/h6-9H,1-5,12H2,(H,13,14)/t6?,7?,8?,9-,11+. The Hall–Kier alpha value is -0.570. The van der Waals surface area contributed by atoms with Crippen LogP contribution < -0.4 is 5.73 Å². The topological polar surface area (TPSA) is 63.3 Å². The third kappa shape index (κ3) is 0.937. The summed E-state index contributed by atoms with van der Waals surface area (Å²) >= 11 is 0. The highest BCUT2D eigenvalue weighted by Crippen LogP contribution is 2.59. The lowest BCUT2D eigenvalue weighted by molar-refractivity contribution is -0.166. The molecule has 4 aliphatic carbocycles. The SMILES string of the molecule is N[C@H]1C2CC3CC1C[C@@](C(=O)O)(C3)C2. The van der Waals surface area contributed by atoms with Crippen LogP contribution in [0.1, 0.15) is 32.1 Å². The van der Waals surface area contributed by atoms with Crippen molar-refractivity contribution in [1.29, 1.82) is 0 Å². The largest absolute Gasteiger partial charge is 0.481 e. The molecule has 0 spiro atoms. The Morgan fingerprint density at radius 3 is 2.29 bits per heavy atom. The fourth-order valence-corrected chi connectivity index (χ4v) is 4.33. The van der Waals surface area contributed by atoms with Gasteiger partial charge in [-0.2, -0.15) is 0 Å². The van der Waals surface area contributed by atoms with Gasteiger partial charge < -0.3 is 10.8 Å². The number of carboxylic acids is 1. The minimum Gasteiger partial charge on any atom is -0.481 e. The first-order valence-electron chi connectivity index (χ1n) is 5.60. The highest BCUT2D eigenvalue weighted by Gasteiger charge is 2.57. The normalized spacial score (nSPS) is 54.9. The van der Waals surface area contributed by atoms with Gasteiger partial charge in [0.25, 0.3) is 0 Å². The van der Waals surface area contributed by atoms with Crippen molar-refractivity contribution in [3.63, 3.8) is 0 Å². The van der Waals surface area contributed by atoms with Crippen molar-refractivity contribution in [2.45, 2.75) is 38.1 Å². The van der Waals surface area contributed by atoms with Gasteiger partial charge in [0.1, 0.15) is 0 Å². The van der Waals surface area contributed by atoms with Gasteiger partial charge in [-0.1, -0.05) is 0 Å². The van der Waals surface area contributed by atoms with Gasteiger partial charge >= 0.3 is 5.97 Å². The molecule has 0 amide bonds. The molecule has 4 aliphatic rings. The fraction of sp³-hybridized carbons (Fsp3) is 0.909. The molecule has 0 heterocycles. The van der Waals surface area contributed by atoms with E-state index in [9.17, 15) is 9.90 Å². The Bertz CT molecular complexity index is 273. The summed E-state index contributed by atoms with van der Waals surface area (Å²) < 4.78 is 0. The van der Waals surface area contributed by atoms with E-state index in [-0.39, 0.29) is 5.41 Å². The first-order chi connectivity index (χ1) is 6.61. The molecule has 0 saturated heterocycles. The van der Waals surface area contributed by atoms with Crippen LogP contribution in [-0.4, -0.2) is 17.1 Å². The van der Waals surface area contributed by atoms with Gasteiger partial charge in [0.05, 0.1) is 5.41 Å². The minimum absolute atomic E-state index is 0.291. The molecule has 0 aliphatic heterocycles. The van der Waals surface area contributed by atoms with Crippen LogP contribution in [0.4, 0.5) is 0 Å². The van der Waals surface area contributed by atoms with E-state index in [1.165, 1.54) is 12.8 Å². The Labute approximate surface area is 83.7 Å². The number of carbonyl (C=O) groups is 1. The van der Waals surface area contributed by atoms with Gasteiger partial charge in [-0.3, -0.25) is 4.79 Å². The van der Waals surface area contributed by atoms with Crippen molar-refractivity contribution in [3.8, 4) is 0 Å². The van der Waals surface area contributed by atoms with Crippen LogP contribution in [-0.2, 0) is 4.79 Å². The van der Waals surface area contributed by atoms with Crippen molar-refractivity contribution in [2.75, 3.05) is 0 Å². The molecule has 4 saturated carbocycles. The summed E-state index contributed by atoms with van der Waals surface area (Å²) in [7, 11) is 0. The van der Waals surface area contributed by atoms with E-state index in [2.05, 4.69) is 0 Å². The maximum Gasteiger partial charge on any atom is 0.309 e. The zero-order valence-electron chi connectivity index (χ0n) is 8.28. The molecule has 78 valence electrons. The van der Waals surface area contributed by atoms with Gasteiger partial charge in [0.15, 0.2) is 0 Å². The van der Waals surface area contributed by atoms with E-state index in [0.717, 1.165) is 19.3 Å². The first-order valence-corrected chi connectivity index (χ1v) is 5.60. The molecule has 3 N–H and O–H groups in total. The zero-order valence-corrected chi connectivity index (χ0v) is 8.28. The average molecular weight is 195 g/mol. The summed E-state index contributed by atoms with van der Waals surface area (Å²) in [6.45, 7) is 0. The van der Waals surface area contributed by atoms with Gasteiger partial charge in [-0.15, -0.1) is 0 Å². The molecule has 2 atom stereocenters. The Morgan fingerprint density at radius 1 is 1.21 bits per heavy atom. The monoisotopic (exact) mass is 195 g/mol. The number of aliphatic carboxylic acids is 1. The van der Waals surface area contributed by atoms with Gasteiger partial charge in [0, 0.05) is 6.04 Å². The Kier molecular flexibility index (Phi) is 1.56. The Balaban J connectivity index is 1.96. The maximum absolute atomic E-state index is 11.3. The van der Waals surface area contributed by atoms with Crippen LogP contribution in [0, 0.1) is 23.2 Å². The molecule has 0 aromatic carbocycles. The minimum atomic E-state index is -0.566. The molecule has 4 fully saturated rings. The van der Waals surface area contributed by atoms with E-state index >= 15 is 0 Å². The number of hydrogen-bond donors (Lipinski definition) is 2. The predicted molar refractivity (Wildman–Crippen MR) is 51.6 cm³/mol. The van der Waals surface area contributed by atoms with Crippen LogP contribution in [0.5, 0.6) is 0 Å². The summed E-state index contributed by atoms with van der Waals surface area (Å²) in [6, 6.07) is 0.291. The summed E-state index contributed by atoms with van der Waals surface area (Å²) in [4.78, 5) is 11.3. The predicted octanol–water partition coefficient (Wildman–Crippen LogP) is 1.22. The maximum atomic E-state index is 11.3. The van der Waals surface area contributed by atoms with Gasteiger partial charge in [-0.25, -0.2) is 0 Å². The second-order valence-corrected chi connectivity index (χ2v) is 5.63. The molecular formula is C11H17NO2. The van der Waals surface area contributed by atoms with E-state index in [1.54, 1.807) is 0 Å². The lowest BCUT2D eigenvalue weighted by Gasteiger charge is -2.57. The highest BCUT2D eigenvalue weighted by molar-refractivity contribution is 5.75. The summed E-state index contributed by atoms with van der Waals surface area (Å²) in [6.07, 6.45) is 4.98. The number of hydrogen-bond acceptors (Lipinski definition) is 2. The average Bonchev–Trinajstić information content (AvgIpc) is 2.12. The molecule has 0 aromatic heterocycles. The number of carboxylic acid groups (broad SMARTS) is 1. The summed E-state index contributed by atoms with van der Waals surface area (Å²) in [5.41, 5.74) is 5.75. The number of rotatable bonds is 1. The van der Waals surface area contributed by atoms with Crippen molar-refractivity contribution < 1.29 is 9.90 Å². The van der Waals surface area contributed by atoms with E-state index < -0.39 is 5.97 Å². The molecule has 4 rings (SSSR count). The van der Waals surface area contributed by atoms with E-state index in [4.69, 9.17) is 5.73 Å². The third-order valence-electron chi connectivity index (χ3n) is 4.80. The van der Waals surface area contributed by atoms with Crippen molar-refractivity contribution in [2.24, 2.45) is 28.9 Å². The lowest BCUT2D eigenvalue weighted by atomic mass is 9.48. The molecule has 3 heteroatoms. The first kappa shape index (κ1) is 8.72. The van der Waals surface area contributed by atoms with Crippen molar-refractivity contribution in [3.05, 3.63) is 0 Å². The third-order valence-corrected chi connectivity index (χ3v) is 4.80. The fourth-order valence-electron chi connectivity index (χ4n) is 4.33. The Morgan fingerprint density at radius 2 is 1.79 bits per heavy atom. The van der Waals surface area contributed by atoms with Gasteiger partial charge in [-0.05, 0) is 49.9 Å². The lowest BCUT2D eigenvalue weighted by Crippen LogP contribution is -2.58. The molecule has 4 bridgehead atoms. The second-order valence-electron chi connectivity index (χ2n) is 5.63. The van der Waals surface area contributed by atoms with Crippen LogP contribution in [0.15, 0.2) is 0 Å². The molecule has 0 aromatic rings. The summed E-state index contributed by atoms with van der Waals surface area (Å²) in [5.74, 6) is 1.09. The zero-order chi connectivity index (χ0) is 9.92. The molecule has 3 nitrogen and oxygen atoms in total. The molecule has 2 unspecified atom stereocenters. The van der Waals surface area contributed by atoms with Crippen LogP contribution in [0.2, 0.25) is 0 Å². The molecular weight excluding hydrogens is 178 g/mol. The molecule has 0 radical (unpaired) electrons. The van der Waals surface area contributed by atoms with E-state index in [1.807, 2.05) is 0 Å².